The molecule has 2 aromatic carbocycles. The number of halogens is 4. The fourth-order valence-corrected chi connectivity index (χ4v) is 6.74. The van der Waals surface area contributed by atoms with Crippen LogP contribution in [0.5, 0.6) is 0 Å². The summed E-state index contributed by atoms with van der Waals surface area (Å²) in [5.74, 6) is 0.712. The van der Waals surface area contributed by atoms with Crippen molar-refractivity contribution in [1.29, 1.82) is 0 Å². The maximum absolute atomic E-state index is 11.7. The van der Waals surface area contributed by atoms with Crippen LogP contribution in [0.3, 0.4) is 0 Å². The van der Waals surface area contributed by atoms with E-state index in [0.29, 0.717) is 38.9 Å². The molecule has 9 nitrogen and oxygen atoms in total. The lowest BCUT2D eigenvalue weighted by atomic mass is 10.0. The number of anilines is 2. The minimum Gasteiger partial charge on any atom is -0.341 e. The van der Waals surface area contributed by atoms with Gasteiger partial charge in [-0.1, -0.05) is 52.5 Å². The van der Waals surface area contributed by atoms with E-state index >= 15 is 0 Å². The van der Waals surface area contributed by atoms with Gasteiger partial charge in [-0.25, -0.2) is 0 Å². The van der Waals surface area contributed by atoms with E-state index in [4.69, 9.17) is 46.4 Å². The van der Waals surface area contributed by atoms with E-state index in [1.807, 2.05) is 42.0 Å². The van der Waals surface area contributed by atoms with Gasteiger partial charge < -0.3 is 14.4 Å². The lowest BCUT2D eigenvalue weighted by molar-refractivity contribution is 0.464. The quantitative estimate of drug-likeness (QED) is 0.191. The van der Waals surface area contributed by atoms with Gasteiger partial charge >= 0.3 is 0 Å². The average molecular weight is 726 g/mol. The standard InChI is InChI=1S/C29H33Cl4N3O6S2/c1-5-35-25(19(10-9-17(2)43(37,38)39)20-13-21(30)22(31)14-26(20)35)7-6-8-29-34(4)27-15-23(32)24(33)16-28(27)36(29)12-11-18(3)44(40,41)42/h6-8,13-18H,5,9-12H2,1-4H3,(H,37,38,39)(H,40,41,42)/b7-6+,29-8-. The number of aromatic nitrogens is 1. The molecule has 4 rings (SSSR count). The molecule has 15 heteroatoms. The zero-order valence-corrected chi connectivity index (χ0v) is 29.1. The van der Waals surface area contributed by atoms with Gasteiger partial charge in [-0.2, -0.15) is 16.8 Å². The largest absolute Gasteiger partial charge is 0.341 e. The Hall–Kier alpha value is -1.96. The first kappa shape index (κ1) is 34.9. The fourth-order valence-electron chi connectivity index (χ4n) is 5.28. The molecule has 44 heavy (non-hydrogen) atoms. The van der Waals surface area contributed by atoms with Crippen LogP contribution in [0.15, 0.2) is 42.2 Å². The third-order valence-electron chi connectivity index (χ3n) is 7.94. The van der Waals surface area contributed by atoms with Gasteiger partial charge in [0.2, 0.25) is 0 Å². The van der Waals surface area contributed by atoms with E-state index in [0.717, 1.165) is 33.5 Å². The van der Waals surface area contributed by atoms with Gasteiger partial charge in [0.25, 0.3) is 20.2 Å². The topological polar surface area (TPSA) is 120 Å². The lowest BCUT2D eigenvalue weighted by Gasteiger charge is -2.23. The zero-order chi connectivity index (χ0) is 32.7. The molecule has 0 saturated carbocycles. The van der Waals surface area contributed by atoms with Crippen molar-refractivity contribution in [2.75, 3.05) is 23.4 Å². The minimum atomic E-state index is -4.22. The number of benzene rings is 2. The first-order chi connectivity index (χ1) is 20.4. The average Bonchev–Trinajstić information content (AvgIpc) is 3.34. The molecule has 240 valence electrons. The normalized spacial score (nSPS) is 16.5. The maximum atomic E-state index is 11.7. The summed E-state index contributed by atoms with van der Waals surface area (Å²) in [7, 11) is -6.58. The predicted octanol–water partition coefficient (Wildman–Crippen LogP) is 7.96. The Morgan fingerprint density at radius 2 is 1.39 bits per heavy atom. The Bertz CT molecular complexity index is 1870. The molecule has 0 spiro atoms. The molecular formula is C29H33Cl4N3O6S2. The van der Waals surface area contributed by atoms with Gasteiger partial charge in [-0.15, -0.1) is 0 Å². The molecule has 0 radical (unpaired) electrons. The van der Waals surface area contributed by atoms with Crippen molar-refractivity contribution in [3.8, 4) is 0 Å². The first-order valence-electron chi connectivity index (χ1n) is 13.8. The zero-order valence-electron chi connectivity index (χ0n) is 24.4. The molecule has 2 atom stereocenters. The van der Waals surface area contributed by atoms with Gasteiger partial charge in [-0.05, 0) is 82.0 Å². The smallest absolute Gasteiger partial charge is 0.267 e. The summed E-state index contributed by atoms with van der Waals surface area (Å²) in [5.41, 5.74) is 4.00. The van der Waals surface area contributed by atoms with Gasteiger partial charge in [-0.3, -0.25) is 9.11 Å². The Balaban J connectivity index is 1.80. The molecule has 2 unspecified atom stereocenters. The maximum Gasteiger partial charge on any atom is 0.267 e. The highest BCUT2D eigenvalue weighted by Gasteiger charge is 2.31. The Kier molecular flexibility index (Phi) is 10.6. The second-order valence-electron chi connectivity index (χ2n) is 10.7. The van der Waals surface area contributed by atoms with Gasteiger partial charge in [0.1, 0.15) is 5.82 Å². The third kappa shape index (κ3) is 7.20. The highest BCUT2D eigenvalue weighted by atomic mass is 35.5. The summed E-state index contributed by atoms with van der Waals surface area (Å²) < 4.78 is 68.0. The van der Waals surface area contributed by atoms with Crippen LogP contribution in [-0.4, -0.2) is 54.6 Å². The second-order valence-corrected chi connectivity index (χ2v) is 16.0. The summed E-state index contributed by atoms with van der Waals surface area (Å²) in [6.07, 6.45) is 6.29. The van der Waals surface area contributed by atoms with Crippen molar-refractivity contribution in [1.82, 2.24) is 4.57 Å². The number of fused-ring (bicyclic) bond motifs is 2. The number of hydrogen-bond donors (Lipinski definition) is 2. The molecule has 0 amide bonds. The van der Waals surface area contributed by atoms with E-state index < -0.39 is 30.7 Å². The highest BCUT2D eigenvalue weighted by Crippen LogP contribution is 2.45. The van der Waals surface area contributed by atoms with Gasteiger partial charge in [0, 0.05) is 31.2 Å². The minimum absolute atomic E-state index is 0.148. The Morgan fingerprint density at radius 3 is 1.98 bits per heavy atom. The van der Waals surface area contributed by atoms with Gasteiger partial charge in [0.15, 0.2) is 0 Å². The second kappa shape index (κ2) is 13.4. The van der Waals surface area contributed by atoms with E-state index in [1.165, 1.54) is 13.8 Å². The van der Waals surface area contributed by atoms with Crippen LogP contribution in [0.25, 0.3) is 17.0 Å². The Labute approximate surface area is 278 Å². The summed E-state index contributed by atoms with van der Waals surface area (Å²) in [4.78, 5) is 3.82. The van der Waals surface area contributed by atoms with Crippen LogP contribution < -0.4 is 9.80 Å². The van der Waals surface area contributed by atoms with Gasteiger partial charge in [0.05, 0.1) is 47.5 Å². The highest BCUT2D eigenvalue weighted by molar-refractivity contribution is 7.86. The SMILES string of the molecule is CCn1c(/C=C/C=C2/N(C)c3cc(Cl)c(Cl)cc3N2CCC(C)S(=O)(=O)O)c(CCC(C)S(=O)(=O)O)c2cc(Cl)c(Cl)cc21. The van der Waals surface area contributed by atoms with E-state index in [9.17, 15) is 25.9 Å². The fraction of sp³-hybridized carbons (Fsp3) is 0.379. The predicted molar refractivity (Wildman–Crippen MR) is 182 cm³/mol. The summed E-state index contributed by atoms with van der Waals surface area (Å²) in [5, 5.41) is 0.346. The van der Waals surface area contributed by atoms with Crippen LogP contribution in [0.2, 0.25) is 20.1 Å². The molecule has 1 aliphatic heterocycles. The number of allylic oxidation sites excluding steroid dienone is 2. The van der Waals surface area contributed by atoms with Crippen molar-refractivity contribution in [2.45, 2.75) is 57.1 Å². The van der Waals surface area contributed by atoms with Crippen LogP contribution in [0.1, 0.15) is 44.9 Å². The summed E-state index contributed by atoms with van der Waals surface area (Å²) >= 11 is 25.4. The number of aryl methyl sites for hydroxylation is 2. The molecule has 2 N–H and O–H groups in total. The summed E-state index contributed by atoms with van der Waals surface area (Å²) in [6.45, 7) is 5.74. The molecule has 3 aromatic rings. The van der Waals surface area contributed by atoms with E-state index in [-0.39, 0.29) is 19.4 Å². The monoisotopic (exact) mass is 723 g/mol. The molecule has 1 aliphatic rings. The van der Waals surface area contributed by atoms with Crippen molar-refractivity contribution in [2.24, 2.45) is 0 Å². The molecule has 0 aliphatic carbocycles. The van der Waals surface area contributed by atoms with Crippen LogP contribution >= 0.6 is 46.4 Å². The van der Waals surface area contributed by atoms with Crippen LogP contribution in [0, 0.1) is 0 Å². The van der Waals surface area contributed by atoms with Crippen LogP contribution in [0.4, 0.5) is 11.4 Å². The first-order valence-corrected chi connectivity index (χ1v) is 18.3. The van der Waals surface area contributed by atoms with Crippen molar-refractivity contribution in [3.05, 3.63) is 73.6 Å². The number of hydrogen-bond acceptors (Lipinski definition) is 6. The molecule has 1 aromatic heterocycles. The summed E-state index contributed by atoms with van der Waals surface area (Å²) in [6, 6.07) is 7.00. The number of nitrogens with zero attached hydrogens (tertiary/aromatic N) is 3. The molecule has 0 fully saturated rings. The van der Waals surface area contributed by atoms with Crippen molar-refractivity contribution >= 4 is 95.0 Å². The van der Waals surface area contributed by atoms with Crippen molar-refractivity contribution < 1.29 is 25.9 Å². The molecule has 0 saturated heterocycles. The molecular weight excluding hydrogens is 692 g/mol. The van der Waals surface area contributed by atoms with E-state index in [1.54, 1.807) is 24.3 Å². The van der Waals surface area contributed by atoms with Crippen LogP contribution in [-0.2, 0) is 33.2 Å². The third-order valence-corrected chi connectivity index (χ3v) is 11.9. The van der Waals surface area contributed by atoms with Crippen molar-refractivity contribution in [3.63, 3.8) is 0 Å². The number of rotatable bonds is 11. The van der Waals surface area contributed by atoms with E-state index in [2.05, 4.69) is 4.57 Å². The lowest BCUT2D eigenvalue weighted by Crippen LogP contribution is -2.30. The Morgan fingerprint density at radius 1 is 0.841 bits per heavy atom. The molecule has 0 bridgehead atoms. The molecule has 2 heterocycles.